The van der Waals surface area contributed by atoms with Gasteiger partial charge in [0.15, 0.2) is 5.82 Å². The highest BCUT2D eigenvalue weighted by molar-refractivity contribution is 5.39. The molecule has 116 valence electrons. The second kappa shape index (κ2) is 6.79. The lowest BCUT2D eigenvalue weighted by Crippen LogP contribution is -2.39. The molecule has 0 radical (unpaired) electrons. The van der Waals surface area contributed by atoms with Crippen molar-refractivity contribution >= 4 is 5.82 Å². The van der Waals surface area contributed by atoms with E-state index in [0.717, 1.165) is 36.8 Å². The van der Waals surface area contributed by atoms with Crippen LogP contribution in [0, 0.1) is 6.92 Å². The number of likely N-dealkylation sites (N-methyl/N-ethyl adjacent to an activating group) is 1. The van der Waals surface area contributed by atoms with Crippen LogP contribution in [0.15, 0.2) is 30.7 Å². The minimum Gasteiger partial charge on any atom is -0.351 e. The predicted molar refractivity (Wildman–Crippen MR) is 85.5 cm³/mol. The van der Waals surface area contributed by atoms with Crippen LogP contribution in [0.4, 0.5) is 5.82 Å². The third-order valence-corrected chi connectivity index (χ3v) is 4.02. The summed E-state index contributed by atoms with van der Waals surface area (Å²) in [6.07, 6.45) is 7.81. The van der Waals surface area contributed by atoms with Crippen LogP contribution in [0.2, 0.25) is 0 Å². The number of aryl methyl sites for hydroxylation is 1. The summed E-state index contributed by atoms with van der Waals surface area (Å²) in [6, 6.07) is 4.47. The Hall–Kier alpha value is -2.08. The summed E-state index contributed by atoms with van der Waals surface area (Å²) in [7, 11) is 2.13. The molecule has 3 rings (SSSR count). The first-order valence-corrected chi connectivity index (χ1v) is 7.73. The van der Waals surface area contributed by atoms with Gasteiger partial charge >= 0.3 is 0 Å². The third kappa shape index (κ3) is 3.57. The standard InChI is InChI=1S/C16H22N6/c1-13-9-18-14(10-17-13)11-21(2)12-15-5-4-8-22(15)16-6-3-7-19-20-16/h3,6-7,9-10,15H,4-5,8,11-12H2,1-2H3/t15-/m0/s1. The second-order valence-corrected chi connectivity index (χ2v) is 5.92. The topological polar surface area (TPSA) is 58.0 Å². The third-order valence-electron chi connectivity index (χ3n) is 4.02. The Bertz CT molecular complexity index is 585. The lowest BCUT2D eigenvalue weighted by Gasteiger charge is -2.29. The predicted octanol–water partition coefficient (Wildman–Crippen LogP) is 1.68. The molecule has 6 heteroatoms. The van der Waals surface area contributed by atoms with Crippen LogP contribution in [0.1, 0.15) is 24.2 Å². The summed E-state index contributed by atoms with van der Waals surface area (Å²) in [6.45, 7) is 4.82. The smallest absolute Gasteiger partial charge is 0.151 e. The molecule has 0 aromatic carbocycles. The highest BCUT2D eigenvalue weighted by atomic mass is 15.3. The summed E-state index contributed by atoms with van der Waals surface area (Å²) in [4.78, 5) is 13.4. The largest absolute Gasteiger partial charge is 0.351 e. The number of anilines is 1. The first-order chi connectivity index (χ1) is 10.7. The fourth-order valence-corrected chi connectivity index (χ4v) is 2.98. The van der Waals surface area contributed by atoms with Crippen molar-refractivity contribution in [2.45, 2.75) is 32.4 Å². The Labute approximate surface area is 131 Å². The lowest BCUT2D eigenvalue weighted by atomic mass is 10.2. The summed E-state index contributed by atoms with van der Waals surface area (Å²) in [5, 5.41) is 8.24. The molecule has 0 aliphatic carbocycles. The molecule has 2 aromatic rings. The van der Waals surface area contributed by atoms with E-state index in [1.54, 1.807) is 6.20 Å². The molecule has 22 heavy (non-hydrogen) atoms. The van der Waals surface area contributed by atoms with E-state index in [4.69, 9.17) is 0 Å². The molecule has 6 nitrogen and oxygen atoms in total. The lowest BCUT2D eigenvalue weighted by molar-refractivity contribution is 0.299. The monoisotopic (exact) mass is 298 g/mol. The highest BCUT2D eigenvalue weighted by Crippen LogP contribution is 2.23. The van der Waals surface area contributed by atoms with E-state index in [0.29, 0.717) is 6.04 Å². The number of nitrogens with zero attached hydrogens (tertiary/aromatic N) is 6. The quantitative estimate of drug-likeness (QED) is 0.837. The molecule has 1 aliphatic rings. The number of rotatable bonds is 5. The van der Waals surface area contributed by atoms with E-state index in [1.807, 2.05) is 31.5 Å². The molecular weight excluding hydrogens is 276 g/mol. The average molecular weight is 298 g/mol. The van der Waals surface area contributed by atoms with Crippen molar-refractivity contribution in [3.05, 3.63) is 42.1 Å². The Morgan fingerprint density at radius 1 is 1.32 bits per heavy atom. The van der Waals surface area contributed by atoms with E-state index in [1.165, 1.54) is 12.8 Å². The van der Waals surface area contributed by atoms with E-state index in [-0.39, 0.29) is 0 Å². The molecule has 0 spiro atoms. The van der Waals surface area contributed by atoms with Crippen LogP contribution in [0.3, 0.4) is 0 Å². The summed E-state index contributed by atoms with van der Waals surface area (Å²) >= 11 is 0. The van der Waals surface area contributed by atoms with Gasteiger partial charge in [0.1, 0.15) is 0 Å². The molecule has 1 atom stereocenters. The van der Waals surface area contributed by atoms with Gasteiger partial charge in [-0.15, -0.1) is 5.10 Å². The van der Waals surface area contributed by atoms with E-state index in [2.05, 4.69) is 37.0 Å². The van der Waals surface area contributed by atoms with Crippen molar-refractivity contribution in [2.24, 2.45) is 0 Å². The van der Waals surface area contributed by atoms with Crippen LogP contribution in [-0.2, 0) is 6.54 Å². The molecule has 1 fully saturated rings. The van der Waals surface area contributed by atoms with Crippen molar-refractivity contribution in [3.8, 4) is 0 Å². The van der Waals surface area contributed by atoms with Gasteiger partial charge in [-0.3, -0.25) is 14.9 Å². The second-order valence-electron chi connectivity index (χ2n) is 5.92. The molecule has 0 unspecified atom stereocenters. The molecule has 0 N–H and O–H groups in total. The molecule has 2 aromatic heterocycles. The van der Waals surface area contributed by atoms with Gasteiger partial charge in [0.05, 0.1) is 11.4 Å². The Kier molecular flexibility index (Phi) is 4.58. The number of aromatic nitrogens is 4. The van der Waals surface area contributed by atoms with Crippen molar-refractivity contribution < 1.29 is 0 Å². The normalized spacial score (nSPS) is 18.1. The van der Waals surface area contributed by atoms with Gasteiger partial charge in [-0.25, -0.2) is 0 Å². The maximum absolute atomic E-state index is 4.43. The van der Waals surface area contributed by atoms with Gasteiger partial charge < -0.3 is 4.90 Å². The molecule has 0 amide bonds. The summed E-state index contributed by atoms with van der Waals surface area (Å²) < 4.78 is 0. The van der Waals surface area contributed by atoms with Crippen molar-refractivity contribution in [1.29, 1.82) is 0 Å². The maximum atomic E-state index is 4.43. The minimum atomic E-state index is 0.486. The average Bonchev–Trinajstić information content (AvgIpc) is 2.98. The Balaban J connectivity index is 1.60. The zero-order chi connectivity index (χ0) is 15.4. The van der Waals surface area contributed by atoms with Gasteiger partial charge in [-0.2, -0.15) is 5.10 Å². The van der Waals surface area contributed by atoms with Crippen molar-refractivity contribution in [1.82, 2.24) is 25.1 Å². The van der Waals surface area contributed by atoms with E-state index >= 15 is 0 Å². The van der Waals surface area contributed by atoms with Gasteiger partial charge in [0.2, 0.25) is 0 Å². The summed E-state index contributed by atoms with van der Waals surface area (Å²) in [5.74, 6) is 0.980. The maximum Gasteiger partial charge on any atom is 0.151 e. The fraction of sp³-hybridized carbons (Fsp3) is 0.500. The van der Waals surface area contributed by atoms with Crippen LogP contribution < -0.4 is 4.90 Å². The van der Waals surface area contributed by atoms with Crippen LogP contribution >= 0.6 is 0 Å². The highest BCUT2D eigenvalue weighted by Gasteiger charge is 2.26. The Morgan fingerprint density at radius 2 is 2.23 bits per heavy atom. The first-order valence-electron chi connectivity index (χ1n) is 7.73. The Morgan fingerprint density at radius 3 is 2.95 bits per heavy atom. The SMILES string of the molecule is Cc1cnc(CN(C)C[C@@H]2CCCN2c2cccnn2)cn1. The molecular formula is C16H22N6. The van der Waals surface area contributed by atoms with E-state index in [9.17, 15) is 0 Å². The molecule has 1 saturated heterocycles. The molecule has 3 heterocycles. The van der Waals surface area contributed by atoms with Gasteiger partial charge in [0, 0.05) is 44.3 Å². The number of hydrogen-bond donors (Lipinski definition) is 0. The zero-order valence-corrected chi connectivity index (χ0v) is 13.2. The summed E-state index contributed by atoms with van der Waals surface area (Å²) in [5.41, 5.74) is 1.97. The van der Waals surface area contributed by atoms with Crippen molar-refractivity contribution in [2.75, 3.05) is 25.0 Å². The van der Waals surface area contributed by atoms with E-state index < -0.39 is 0 Å². The van der Waals surface area contributed by atoms with Crippen molar-refractivity contribution in [3.63, 3.8) is 0 Å². The number of hydrogen-bond acceptors (Lipinski definition) is 6. The minimum absolute atomic E-state index is 0.486. The fourth-order valence-electron chi connectivity index (χ4n) is 2.98. The van der Waals surface area contributed by atoms with Crippen LogP contribution in [0.25, 0.3) is 0 Å². The molecule has 0 saturated carbocycles. The zero-order valence-electron chi connectivity index (χ0n) is 13.2. The molecule has 0 bridgehead atoms. The molecule has 1 aliphatic heterocycles. The van der Waals surface area contributed by atoms with Crippen LogP contribution in [-0.4, -0.2) is 51.2 Å². The van der Waals surface area contributed by atoms with Crippen LogP contribution in [0.5, 0.6) is 0 Å². The van der Waals surface area contributed by atoms with Gasteiger partial charge in [-0.05, 0) is 38.9 Å². The first kappa shape index (κ1) is 14.8. The van der Waals surface area contributed by atoms with Gasteiger partial charge in [0.25, 0.3) is 0 Å². The van der Waals surface area contributed by atoms with Gasteiger partial charge in [-0.1, -0.05) is 0 Å².